The van der Waals surface area contributed by atoms with E-state index in [-0.39, 0.29) is 17.2 Å². The lowest BCUT2D eigenvalue weighted by molar-refractivity contribution is 0.269. The van der Waals surface area contributed by atoms with Gasteiger partial charge in [0, 0.05) is 6.08 Å². The first-order valence-corrected chi connectivity index (χ1v) is 6.18. The Morgan fingerprint density at radius 2 is 2.05 bits per heavy atom. The van der Waals surface area contributed by atoms with Crippen LogP contribution in [0.4, 0.5) is 4.39 Å². The third kappa shape index (κ3) is 3.85. The highest BCUT2D eigenvalue weighted by Crippen LogP contribution is 2.26. The maximum absolute atomic E-state index is 12.9. The minimum atomic E-state index is -0.446. The van der Waals surface area contributed by atoms with Crippen molar-refractivity contribution in [2.45, 2.75) is 6.61 Å². The van der Waals surface area contributed by atoms with Crippen molar-refractivity contribution < 1.29 is 13.5 Å². The Hall–Kier alpha value is -2.76. The Kier molecular flexibility index (Phi) is 4.61. The van der Waals surface area contributed by atoms with Crippen LogP contribution in [0.2, 0.25) is 5.02 Å². The van der Waals surface area contributed by atoms with Crippen LogP contribution < -0.4 is 4.74 Å². The largest absolute Gasteiger partial charge is 0.484 e. The highest BCUT2D eigenvalue weighted by Gasteiger charge is 2.06. The predicted octanol–water partition coefficient (Wildman–Crippen LogP) is 4.08. The summed E-state index contributed by atoms with van der Waals surface area (Å²) in [5, 5.41) is 17.5. The molecule has 4 nitrogen and oxygen atoms in total. The van der Waals surface area contributed by atoms with Gasteiger partial charge >= 0.3 is 0 Å². The van der Waals surface area contributed by atoms with Gasteiger partial charge in [0.05, 0.1) is 5.02 Å². The molecule has 0 fully saturated rings. The normalized spacial score (nSPS) is 9.52. The number of allylic oxidation sites excluding steroid dienone is 1. The summed E-state index contributed by atoms with van der Waals surface area (Å²) in [6.45, 7) is 0.0909. The molecule has 0 aliphatic rings. The SMILES string of the molecule is N#CC(C#N)=Cc1ccc(COc2ccc(F)cc2Cl)o1. The molecule has 1 aromatic carbocycles. The monoisotopic (exact) mass is 302 g/mol. The molecule has 21 heavy (non-hydrogen) atoms. The Balaban J connectivity index is 2.05. The highest BCUT2D eigenvalue weighted by atomic mass is 35.5. The second-order valence-corrected chi connectivity index (χ2v) is 4.36. The van der Waals surface area contributed by atoms with Crippen LogP contribution in [0.15, 0.2) is 40.3 Å². The van der Waals surface area contributed by atoms with Crippen molar-refractivity contribution in [2.24, 2.45) is 0 Å². The number of benzene rings is 1. The zero-order chi connectivity index (χ0) is 15.2. The van der Waals surface area contributed by atoms with Crippen LogP contribution in [0.25, 0.3) is 6.08 Å². The van der Waals surface area contributed by atoms with Gasteiger partial charge in [-0.15, -0.1) is 0 Å². The first kappa shape index (κ1) is 14.6. The number of nitriles is 2. The van der Waals surface area contributed by atoms with E-state index >= 15 is 0 Å². The maximum Gasteiger partial charge on any atom is 0.146 e. The smallest absolute Gasteiger partial charge is 0.146 e. The lowest BCUT2D eigenvalue weighted by Gasteiger charge is -2.05. The average Bonchev–Trinajstić information content (AvgIpc) is 2.91. The Morgan fingerprint density at radius 3 is 2.71 bits per heavy atom. The van der Waals surface area contributed by atoms with Crippen LogP contribution >= 0.6 is 11.6 Å². The summed E-state index contributed by atoms with van der Waals surface area (Å²) >= 11 is 5.83. The Bertz CT molecular complexity index is 753. The van der Waals surface area contributed by atoms with E-state index < -0.39 is 5.82 Å². The number of furan rings is 1. The third-order valence-corrected chi connectivity index (χ3v) is 2.77. The minimum absolute atomic E-state index is 0.0570. The lowest BCUT2D eigenvalue weighted by Crippen LogP contribution is -1.94. The summed E-state index contributed by atoms with van der Waals surface area (Å²) in [4.78, 5) is 0. The second-order valence-electron chi connectivity index (χ2n) is 3.95. The van der Waals surface area contributed by atoms with E-state index in [0.29, 0.717) is 17.3 Å². The minimum Gasteiger partial charge on any atom is -0.484 e. The van der Waals surface area contributed by atoms with Crippen molar-refractivity contribution in [3.63, 3.8) is 0 Å². The van der Waals surface area contributed by atoms with Gasteiger partial charge < -0.3 is 9.15 Å². The molecule has 0 saturated carbocycles. The van der Waals surface area contributed by atoms with Gasteiger partial charge in [-0.2, -0.15) is 10.5 Å². The van der Waals surface area contributed by atoms with Crippen LogP contribution in [-0.2, 0) is 6.61 Å². The molecule has 0 N–H and O–H groups in total. The molecule has 0 amide bonds. The van der Waals surface area contributed by atoms with E-state index in [4.69, 9.17) is 31.3 Å². The van der Waals surface area contributed by atoms with Crippen LogP contribution in [-0.4, -0.2) is 0 Å². The van der Waals surface area contributed by atoms with Gasteiger partial charge in [-0.1, -0.05) is 11.6 Å². The first-order valence-electron chi connectivity index (χ1n) is 5.81. The van der Waals surface area contributed by atoms with Crippen LogP contribution in [0.1, 0.15) is 11.5 Å². The maximum atomic E-state index is 12.9. The second kappa shape index (κ2) is 6.60. The van der Waals surface area contributed by atoms with Gasteiger partial charge in [-0.05, 0) is 30.3 Å². The van der Waals surface area contributed by atoms with Gasteiger partial charge in [-0.25, -0.2) is 4.39 Å². The number of rotatable bonds is 4. The number of halogens is 2. The molecule has 1 aromatic heterocycles. The summed E-state index contributed by atoms with van der Waals surface area (Å²) < 4.78 is 23.7. The molecule has 0 saturated heterocycles. The molecule has 2 rings (SSSR count). The lowest BCUT2D eigenvalue weighted by atomic mass is 10.3. The van der Waals surface area contributed by atoms with E-state index in [1.165, 1.54) is 18.2 Å². The molecule has 0 aliphatic carbocycles. The van der Waals surface area contributed by atoms with Gasteiger partial charge in [0.15, 0.2) is 0 Å². The predicted molar refractivity (Wildman–Crippen MR) is 73.7 cm³/mol. The van der Waals surface area contributed by atoms with Gasteiger partial charge in [0.2, 0.25) is 0 Å². The fraction of sp³-hybridized carbons (Fsp3) is 0.0667. The molecule has 0 bridgehead atoms. The number of hydrogen-bond acceptors (Lipinski definition) is 4. The fourth-order valence-electron chi connectivity index (χ4n) is 1.52. The van der Waals surface area contributed by atoms with E-state index in [9.17, 15) is 4.39 Å². The quantitative estimate of drug-likeness (QED) is 0.798. The Morgan fingerprint density at radius 1 is 1.29 bits per heavy atom. The van der Waals surface area contributed by atoms with E-state index in [0.717, 1.165) is 6.07 Å². The number of ether oxygens (including phenoxy) is 1. The van der Waals surface area contributed by atoms with Crippen LogP contribution in [0.5, 0.6) is 5.75 Å². The Labute approximate surface area is 125 Å². The van der Waals surface area contributed by atoms with Crippen LogP contribution in [0.3, 0.4) is 0 Å². The molecular weight excluding hydrogens is 295 g/mol. The topological polar surface area (TPSA) is 70.0 Å². The van der Waals surface area contributed by atoms with E-state index in [1.807, 2.05) is 0 Å². The van der Waals surface area contributed by atoms with Crippen molar-refractivity contribution >= 4 is 17.7 Å². The van der Waals surface area contributed by atoms with E-state index in [2.05, 4.69) is 0 Å². The van der Waals surface area contributed by atoms with Crippen molar-refractivity contribution in [2.75, 3.05) is 0 Å². The third-order valence-electron chi connectivity index (χ3n) is 2.47. The standard InChI is InChI=1S/C15H8ClFN2O2/c16-14-6-11(17)1-4-15(14)20-9-13-3-2-12(21-13)5-10(7-18)8-19/h1-6H,9H2. The van der Waals surface area contributed by atoms with E-state index in [1.54, 1.807) is 24.3 Å². The summed E-state index contributed by atoms with van der Waals surface area (Å²) in [5.41, 5.74) is -0.0570. The number of nitrogens with zero attached hydrogens (tertiary/aromatic N) is 2. The highest BCUT2D eigenvalue weighted by molar-refractivity contribution is 6.32. The van der Waals surface area contributed by atoms with Crippen molar-refractivity contribution in [1.82, 2.24) is 0 Å². The van der Waals surface area contributed by atoms with Crippen LogP contribution in [0, 0.1) is 28.5 Å². The van der Waals surface area contributed by atoms with Crippen molar-refractivity contribution in [3.05, 3.63) is 58.3 Å². The molecular formula is C15H8ClFN2O2. The average molecular weight is 303 g/mol. The molecule has 0 unspecified atom stereocenters. The van der Waals surface area contributed by atoms with Gasteiger partial charge in [0.1, 0.15) is 47.4 Å². The molecule has 2 aromatic rings. The molecule has 0 aliphatic heterocycles. The summed E-state index contributed by atoms with van der Waals surface area (Å²) in [6, 6.07) is 10.5. The van der Waals surface area contributed by atoms with Gasteiger partial charge in [0.25, 0.3) is 0 Å². The zero-order valence-electron chi connectivity index (χ0n) is 10.6. The summed E-state index contributed by atoms with van der Waals surface area (Å²) in [6.07, 6.45) is 1.33. The first-order chi connectivity index (χ1) is 10.1. The molecule has 1 heterocycles. The molecule has 0 radical (unpaired) electrons. The number of hydrogen-bond donors (Lipinski definition) is 0. The molecule has 0 atom stereocenters. The summed E-state index contributed by atoms with van der Waals surface area (Å²) in [7, 11) is 0. The van der Waals surface area contributed by atoms with Crippen molar-refractivity contribution in [1.29, 1.82) is 10.5 Å². The van der Waals surface area contributed by atoms with Crippen molar-refractivity contribution in [3.8, 4) is 17.9 Å². The van der Waals surface area contributed by atoms with Gasteiger partial charge in [-0.3, -0.25) is 0 Å². The summed E-state index contributed by atoms with van der Waals surface area (Å²) in [5.74, 6) is 0.744. The molecule has 6 heteroatoms. The fourth-order valence-corrected chi connectivity index (χ4v) is 1.74. The molecule has 104 valence electrons. The molecule has 0 spiro atoms. The zero-order valence-corrected chi connectivity index (χ0v) is 11.4.